The average Bonchev–Trinajstić information content (AvgIpc) is 3.08. The number of aliphatic hydroxyl groups excluding tert-OH is 4. The summed E-state index contributed by atoms with van der Waals surface area (Å²) in [6, 6.07) is 0. The standard InChI is InChI=1S/C46H66O7/c1-32(17-11-12-18-33(2)20-15-24-36(5)26-27-38-37(6)39(48)28-30-45(38,7)8)19-13-21-34(3)22-14-23-35(4)25-16-29-46(9,10)53-44-43(51)42(50)41(49)40(31-47)52-44/h11-15,17-24,26-27,40-44,47,49-51H,16,25,28-31H2,1-10H3/b12-11+,19-13+,20-15+,22-14+,27-26+,32-17+,33-18+,34-21+,35-23+,36-24+/t40-,41-,42+,43+,44-/m1/s1. The van der Waals surface area contributed by atoms with Gasteiger partial charge in [0.25, 0.3) is 0 Å². The van der Waals surface area contributed by atoms with Crippen LogP contribution in [0, 0.1) is 5.41 Å². The van der Waals surface area contributed by atoms with Gasteiger partial charge < -0.3 is 29.9 Å². The van der Waals surface area contributed by atoms with Gasteiger partial charge in [0.1, 0.15) is 24.4 Å². The van der Waals surface area contributed by atoms with Gasteiger partial charge >= 0.3 is 0 Å². The largest absolute Gasteiger partial charge is 0.394 e. The number of ketones is 1. The molecule has 0 amide bonds. The fraction of sp³-hybridized carbons (Fsp3) is 0.500. The van der Waals surface area contributed by atoms with E-state index in [1.807, 2.05) is 45.1 Å². The molecule has 1 heterocycles. The highest BCUT2D eigenvalue weighted by molar-refractivity contribution is 5.97. The highest BCUT2D eigenvalue weighted by atomic mass is 16.7. The van der Waals surface area contributed by atoms with Crippen LogP contribution in [0.15, 0.2) is 130 Å². The van der Waals surface area contributed by atoms with Gasteiger partial charge in [0.2, 0.25) is 0 Å². The summed E-state index contributed by atoms with van der Waals surface area (Å²) in [5.74, 6) is 0.260. The minimum Gasteiger partial charge on any atom is -0.394 e. The van der Waals surface area contributed by atoms with Gasteiger partial charge in [-0.05, 0) is 97.6 Å². The third-order valence-corrected chi connectivity index (χ3v) is 9.68. The van der Waals surface area contributed by atoms with E-state index in [0.717, 1.165) is 52.7 Å². The Kier molecular flexibility index (Phi) is 19.0. The maximum atomic E-state index is 12.2. The summed E-state index contributed by atoms with van der Waals surface area (Å²) >= 11 is 0. The van der Waals surface area contributed by atoms with Crippen molar-refractivity contribution < 1.29 is 34.7 Å². The van der Waals surface area contributed by atoms with Gasteiger partial charge in [-0.1, -0.05) is 133 Å². The molecule has 0 aromatic heterocycles. The molecule has 5 atom stereocenters. The molecule has 0 bridgehead atoms. The summed E-state index contributed by atoms with van der Waals surface area (Å²) in [7, 11) is 0. The van der Waals surface area contributed by atoms with E-state index < -0.39 is 42.9 Å². The topological polar surface area (TPSA) is 116 Å². The first-order valence-corrected chi connectivity index (χ1v) is 18.8. The summed E-state index contributed by atoms with van der Waals surface area (Å²) in [6.45, 7) is 20.0. The van der Waals surface area contributed by atoms with Crippen LogP contribution in [0.25, 0.3) is 0 Å². The Morgan fingerprint density at radius 3 is 1.85 bits per heavy atom. The Bertz CT molecular complexity index is 1570. The smallest absolute Gasteiger partial charge is 0.187 e. The van der Waals surface area contributed by atoms with Crippen molar-refractivity contribution in [3.63, 3.8) is 0 Å². The number of hydrogen-bond donors (Lipinski definition) is 4. The van der Waals surface area contributed by atoms with E-state index in [1.54, 1.807) is 0 Å². The molecule has 292 valence electrons. The molecule has 0 saturated carbocycles. The van der Waals surface area contributed by atoms with E-state index in [2.05, 4.69) is 115 Å². The maximum absolute atomic E-state index is 12.2. The molecule has 1 fully saturated rings. The Labute approximate surface area is 319 Å². The van der Waals surface area contributed by atoms with Crippen LogP contribution in [-0.4, -0.2) is 69.1 Å². The number of rotatable bonds is 17. The number of carbonyl (C=O) groups is 1. The number of aliphatic hydroxyl groups is 4. The summed E-state index contributed by atoms with van der Waals surface area (Å²) in [5.41, 5.74) is 7.20. The number of Topliss-reactive ketones (excluding diaryl/α,β-unsaturated/α-hetero) is 1. The fourth-order valence-corrected chi connectivity index (χ4v) is 6.09. The van der Waals surface area contributed by atoms with E-state index >= 15 is 0 Å². The number of allylic oxidation sites excluding steroid dienone is 22. The first-order chi connectivity index (χ1) is 24.9. The number of carbonyl (C=O) groups excluding carboxylic acids is 1. The Balaban J connectivity index is 1.79. The SMILES string of the molecule is CC1=C(/C=C/C(C)=C/C=C/C(C)=C/C=C/C=C(C)/C=C/C=C(C)/C=C/C=C(\C)CCCC(C)(C)O[C@H]2O[C@H](CO)[C@@H](O)[C@H](O)[C@@H]2O)C(C)(C)CCC1=O. The van der Waals surface area contributed by atoms with Crippen LogP contribution >= 0.6 is 0 Å². The van der Waals surface area contributed by atoms with Gasteiger partial charge in [-0.15, -0.1) is 0 Å². The molecule has 0 spiro atoms. The van der Waals surface area contributed by atoms with Crippen molar-refractivity contribution >= 4 is 5.78 Å². The van der Waals surface area contributed by atoms with Crippen LogP contribution in [0.2, 0.25) is 0 Å². The molecular formula is C46H66O7. The van der Waals surface area contributed by atoms with Crippen LogP contribution in [0.1, 0.15) is 101 Å². The van der Waals surface area contributed by atoms with Gasteiger partial charge in [0.15, 0.2) is 12.1 Å². The third-order valence-electron chi connectivity index (χ3n) is 9.68. The van der Waals surface area contributed by atoms with Gasteiger partial charge in [-0.25, -0.2) is 0 Å². The molecule has 2 rings (SSSR count). The first-order valence-electron chi connectivity index (χ1n) is 18.8. The fourth-order valence-electron chi connectivity index (χ4n) is 6.09. The monoisotopic (exact) mass is 730 g/mol. The zero-order chi connectivity index (χ0) is 39.8. The molecule has 53 heavy (non-hydrogen) atoms. The maximum Gasteiger partial charge on any atom is 0.187 e. The summed E-state index contributed by atoms with van der Waals surface area (Å²) in [6.07, 6.45) is 28.6. The lowest BCUT2D eigenvalue weighted by Crippen LogP contribution is -2.60. The van der Waals surface area contributed by atoms with Gasteiger partial charge in [0.05, 0.1) is 12.2 Å². The van der Waals surface area contributed by atoms with Crippen LogP contribution in [-0.2, 0) is 14.3 Å². The van der Waals surface area contributed by atoms with Crippen molar-refractivity contribution in [3.05, 3.63) is 130 Å². The van der Waals surface area contributed by atoms with E-state index in [0.29, 0.717) is 12.8 Å². The third kappa shape index (κ3) is 16.2. The predicted molar refractivity (Wildman–Crippen MR) is 218 cm³/mol. The molecule has 7 nitrogen and oxygen atoms in total. The van der Waals surface area contributed by atoms with Crippen molar-refractivity contribution in [3.8, 4) is 0 Å². The van der Waals surface area contributed by atoms with Crippen LogP contribution in [0.5, 0.6) is 0 Å². The summed E-state index contributed by atoms with van der Waals surface area (Å²) in [4.78, 5) is 12.2. The molecule has 1 saturated heterocycles. The minimum atomic E-state index is -1.45. The zero-order valence-electron chi connectivity index (χ0n) is 33.8. The molecular weight excluding hydrogens is 664 g/mol. The molecule has 0 aromatic carbocycles. The lowest BCUT2D eigenvalue weighted by atomic mass is 9.72. The zero-order valence-corrected chi connectivity index (χ0v) is 33.8. The van der Waals surface area contributed by atoms with Crippen molar-refractivity contribution in [2.75, 3.05) is 6.61 Å². The molecule has 1 aliphatic heterocycles. The van der Waals surface area contributed by atoms with Gasteiger partial charge in [-0.2, -0.15) is 0 Å². The molecule has 1 aliphatic carbocycles. The molecule has 0 aromatic rings. The van der Waals surface area contributed by atoms with Crippen molar-refractivity contribution in [2.24, 2.45) is 5.41 Å². The average molecular weight is 731 g/mol. The second kappa shape index (κ2) is 22.1. The minimum absolute atomic E-state index is 0.0248. The molecule has 2 aliphatic rings. The molecule has 7 heteroatoms. The Morgan fingerprint density at radius 1 is 0.792 bits per heavy atom. The van der Waals surface area contributed by atoms with E-state index in [4.69, 9.17) is 9.47 Å². The highest BCUT2D eigenvalue weighted by Crippen LogP contribution is 2.39. The van der Waals surface area contributed by atoms with Crippen molar-refractivity contribution in [1.29, 1.82) is 0 Å². The second-order valence-electron chi connectivity index (χ2n) is 15.7. The Hall–Kier alpha value is -3.43. The summed E-state index contributed by atoms with van der Waals surface area (Å²) in [5, 5.41) is 39.7. The lowest BCUT2D eigenvalue weighted by molar-refractivity contribution is -0.323. The van der Waals surface area contributed by atoms with Crippen LogP contribution in [0.3, 0.4) is 0 Å². The normalized spacial score (nSPS) is 26.2. The molecule has 4 N–H and O–H groups in total. The van der Waals surface area contributed by atoms with Crippen molar-refractivity contribution in [1.82, 2.24) is 0 Å². The lowest BCUT2D eigenvalue weighted by Gasteiger charge is -2.42. The molecule has 0 unspecified atom stereocenters. The predicted octanol–water partition coefficient (Wildman–Crippen LogP) is 8.97. The van der Waals surface area contributed by atoms with Crippen LogP contribution < -0.4 is 0 Å². The summed E-state index contributed by atoms with van der Waals surface area (Å²) < 4.78 is 11.4. The van der Waals surface area contributed by atoms with Gasteiger partial charge in [-0.3, -0.25) is 4.79 Å². The highest BCUT2D eigenvalue weighted by Gasteiger charge is 2.45. The molecule has 0 radical (unpaired) electrons. The van der Waals surface area contributed by atoms with E-state index in [9.17, 15) is 25.2 Å². The van der Waals surface area contributed by atoms with Crippen LogP contribution in [0.4, 0.5) is 0 Å². The quantitative estimate of drug-likeness (QED) is 0.110. The van der Waals surface area contributed by atoms with Gasteiger partial charge in [0, 0.05) is 6.42 Å². The van der Waals surface area contributed by atoms with E-state index in [-0.39, 0.29) is 11.2 Å². The number of hydrogen-bond acceptors (Lipinski definition) is 7. The van der Waals surface area contributed by atoms with E-state index in [1.165, 1.54) is 5.57 Å². The Morgan fingerprint density at radius 2 is 1.30 bits per heavy atom. The first kappa shape index (κ1) is 45.7. The number of ether oxygens (including phenoxy) is 2. The van der Waals surface area contributed by atoms with Crippen molar-refractivity contribution in [2.45, 2.75) is 138 Å². The second-order valence-corrected chi connectivity index (χ2v) is 15.7.